The van der Waals surface area contributed by atoms with Crippen LogP contribution in [0.25, 0.3) is 5.69 Å². The van der Waals surface area contributed by atoms with Crippen LogP contribution in [0.4, 0.5) is 0 Å². The third-order valence-electron chi connectivity index (χ3n) is 4.35. The predicted molar refractivity (Wildman–Crippen MR) is 118 cm³/mol. The van der Waals surface area contributed by atoms with Gasteiger partial charge >= 0.3 is 0 Å². The van der Waals surface area contributed by atoms with Gasteiger partial charge in [-0.15, -0.1) is 0 Å². The number of hydrazone groups is 1. The fourth-order valence-electron chi connectivity index (χ4n) is 2.83. The molecule has 1 atom stereocenters. The van der Waals surface area contributed by atoms with Crippen LogP contribution in [0.1, 0.15) is 25.1 Å². The first-order chi connectivity index (χ1) is 14.3. The Labute approximate surface area is 183 Å². The molecule has 9 heteroatoms. The van der Waals surface area contributed by atoms with Crippen LogP contribution < -0.4 is 15.7 Å². The molecule has 0 radical (unpaired) electrons. The Morgan fingerprint density at radius 1 is 1.20 bits per heavy atom. The first-order valence-corrected chi connectivity index (χ1v) is 9.86. The number of aryl methyl sites for hydroxylation is 1. The fourth-order valence-corrected chi connectivity index (χ4v) is 3.29. The second-order valence-electron chi connectivity index (χ2n) is 6.60. The van der Waals surface area contributed by atoms with Crippen LogP contribution in [0.2, 0.25) is 10.0 Å². The molecule has 30 heavy (non-hydrogen) atoms. The van der Waals surface area contributed by atoms with E-state index in [-0.39, 0.29) is 5.56 Å². The fraction of sp³-hybridized carbons (Fsp3) is 0.190. The third-order valence-corrected chi connectivity index (χ3v) is 4.88. The summed E-state index contributed by atoms with van der Waals surface area (Å²) in [7, 11) is 0. The summed E-state index contributed by atoms with van der Waals surface area (Å²) in [6, 6.07) is 13.9. The van der Waals surface area contributed by atoms with Crippen molar-refractivity contribution in [1.29, 1.82) is 0 Å². The highest BCUT2D eigenvalue weighted by atomic mass is 35.5. The number of rotatable bonds is 6. The topological polar surface area (TPSA) is 88.5 Å². The number of nitrogens with one attached hydrogen (secondary N) is 2. The van der Waals surface area contributed by atoms with E-state index in [1.54, 1.807) is 32.9 Å². The molecule has 7 nitrogen and oxygen atoms in total. The highest BCUT2D eigenvalue weighted by Crippen LogP contribution is 2.28. The number of halogens is 2. The molecule has 0 aliphatic carbocycles. The van der Waals surface area contributed by atoms with Gasteiger partial charge in [0, 0.05) is 10.7 Å². The molecule has 0 saturated carbocycles. The van der Waals surface area contributed by atoms with Crippen molar-refractivity contribution in [3.8, 4) is 11.4 Å². The first-order valence-electron chi connectivity index (χ1n) is 9.11. The summed E-state index contributed by atoms with van der Waals surface area (Å²) in [5.41, 5.74) is 4.26. The Morgan fingerprint density at radius 2 is 1.90 bits per heavy atom. The van der Waals surface area contributed by atoms with Gasteiger partial charge in [-0.25, -0.2) is 10.1 Å². The van der Waals surface area contributed by atoms with Gasteiger partial charge in [0.05, 0.1) is 22.0 Å². The quantitative estimate of drug-likeness (QED) is 0.441. The molecule has 0 fully saturated rings. The number of nitrogens with zero attached hydrogens (tertiary/aromatic N) is 2. The van der Waals surface area contributed by atoms with E-state index in [1.807, 2.05) is 30.3 Å². The number of amides is 1. The van der Waals surface area contributed by atoms with Crippen molar-refractivity contribution in [2.45, 2.75) is 26.9 Å². The lowest BCUT2D eigenvalue weighted by molar-refractivity contribution is -0.127. The van der Waals surface area contributed by atoms with E-state index in [9.17, 15) is 9.59 Å². The Balaban J connectivity index is 1.74. The van der Waals surface area contributed by atoms with Gasteiger partial charge in [-0.2, -0.15) is 5.10 Å². The zero-order chi connectivity index (χ0) is 21.8. The van der Waals surface area contributed by atoms with E-state index in [4.69, 9.17) is 27.9 Å². The Kier molecular flexibility index (Phi) is 6.64. The standard InChI is InChI=1S/C21H20Cl2N4O3/c1-12(19-13(2)26-27(21(19)29)16-7-5-4-6-8-16)24-25-20(28)14(3)30-18-10-9-15(22)11-17(18)23/h4-11,14,26H,1-3H3,(H,25,28)/b24-12+/t14-/m0/s1. The second kappa shape index (κ2) is 9.19. The molecule has 0 saturated heterocycles. The SMILES string of the molecule is C/C(=N\NC(=O)[C@H](C)Oc1ccc(Cl)cc1Cl)c1c(C)[nH]n(-c2ccccc2)c1=O. The Bertz CT molecular complexity index is 1150. The number of ether oxygens (including phenoxy) is 1. The van der Waals surface area contributed by atoms with Gasteiger partial charge in [0.15, 0.2) is 6.10 Å². The van der Waals surface area contributed by atoms with Crippen molar-refractivity contribution in [2.24, 2.45) is 5.10 Å². The van der Waals surface area contributed by atoms with Crippen LogP contribution in [0, 0.1) is 6.92 Å². The lowest BCUT2D eigenvalue weighted by Crippen LogP contribution is -2.34. The summed E-state index contributed by atoms with van der Waals surface area (Å²) < 4.78 is 7.00. The van der Waals surface area contributed by atoms with Gasteiger partial charge in [0.1, 0.15) is 5.75 Å². The third kappa shape index (κ3) is 4.75. The molecule has 2 N–H and O–H groups in total. The average molecular weight is 447 g/mol. The largest absolute Gasteiger partial charge is 0.479 e. The minimum absolute atomic E-state index is 0.258. The van der Waals surface area contributed by atoms with E-state index in [1.165, 1.54) is 10.7 Å². The molecular formula is C21H20Cl2N4O3. The number of benzene rings is 2. The van der Waals surface area contributed by atoms with Crippen LogP contribution in [0.15, 0.2) is 58.4 Å². The van der Waals surface area contributed by atoms with E-state index < -0.39 is 12.0 Å². The summed E-state index contributed by atoms with van der Waals surface area (Å²) in [6.07, 6.45) is -0.867. The van der Waals surface area contributed by atoms with Crippen LogP contribution in [0.3, 0.4) is 0 Å². The van der Waals surface area contributed by atoms with Crippen molar-refractivity contribution in [3.63, 3.8) is 0 Å². The molecule has 1 heterocycles. The van der Waals surface area contributed by atoms with Gasteiger partial charge in [0.25, 0.3) is 11.5 Å². The Morgan fingerprint density at radius 3 is 2.57 bits per heavy atom. The summed E-state index contributed by atoms with van der Waals surface area (Å²) >= 11 is 11.9. The average Bonchev–Trinajstić information content (AvgIpc) is 3.02. The molecule has 0 aliphatic rings. The van der Waals surface area contributed by atoms with E-state index in [0.717, 1.165) is 0 Å². The summed E-state index contributed by atoms with van der Waals surface area (Å²) in [4.78, 5) is 25.2. The highest BCUT2D eigenvalue weighted by Gasteiger charge is 2.18. The normalized spacial score (nSPS) is 12.5. The second-order valence-corrected chi connectivity index (χ2v) is 7.44. The highest BCUT2D eigenvalue weighted by molar-refractivity contribution is 6.35. The van der Waals surface area contributed by atoms with Crippen molar-refractivity contribution in [1.82, 2.24) is 15.2 Å². The van der Waals surface area contributed by atoms with Gasteiger partial charge in [0.2, 0.25) is 0 Å². The van der Waals surface area contributed by atoms with Crippen LogP contribution >= 0.6 is 23.2 Å². The maximum absolute atomic E-state index is 12.8. The number of hydrogen-bond acceptors (Lipinski definition) is 4. The molecule has 0 bridgehead atoms. The number of para-hydroxylation sites is 1. The monoisotopic (exact) mass is 446 g/mol. The maximum Gasteiger partial charge on any atom is 0.280 e. The van der Waals surface area contributed by atoms with Gasteiger partial charge in [-0.3, -0.25) is 14.7 Å². The predicted octanol–water partition coefficient (Wildman–Crippen LogP) is 4.09. The van der Waals surface area contributed by atoms with E-state index in [0.29, 0.717) is 38.5 Å². The molecular weight excluding hydrogens is 427 g/mol. The summed E-state index contributed by atoms with van der Waals surface area (Å²) in [5, 5.41) is 7.86. The zero-order valence-corrected chi connectivity index (χ0v) is 18.1. The number of aromatic nitrogens is 2. The van der Waals surface area contributed by atoms with Crippen molar-refractivity contribution < 1.29 is 9.53 Å². The molecule has 0 spiro atoms. The molecule has 3 aromatic rings. The molecule has 1 amide bonds. The first kappa shape index (κ1) is 21.7. The summed E-state index contributed by atoms with van der Waals surface area (Å²) in [6.45, 7) is 4.98. The van der Waals surface area contributed by atoms with E-state index >= 15 is 0 Å². The number of H-pyrrole nitrogens is 1. The van der Waals surface area contributed by atoms with Gasteiger partial charge < -0.3 is 4.74 Å². The lowest BCUT2D eigenvalue weighted by Gasteiger charge is -2.14. The number of carbonyl (C=O) groups excluding carboxylic acids is 1. The van der Waals surface area contributed by atoms with Crippen molar-refractivity contribution >= 4 is 34.8 Å². The number of aromatic amines is 1. The van der Waals surface area contributed by atoms with Crippen molar-refractivity contribution in [2.75, 3.05) is 0 Å². The minimum atomic E-state index is -0.867. The lowest BCUT2D eigenvalue weighted by atomic mass is 10.2. The Hall–Kier alpha value is -3.03. The van der Waals surface area contributed by atoms with Crippen molar-refractivity contribution in [3.05, 3.63) is 80.2 Å². The van der Waals surface area contributed by atoms with E-state index in [2.05, 4.69) is 15.6 Å². The number of carbonyl (C=O) groups is 1. The molecule has 3 rings (SSSR count). The maximum atomic E-state index is 12.8. The summed E-state index contributed by atoms with van der Waals surface area (Å²) in [5.74, 6) is -0.159. The molecule has 2 aromatic carbocycles. The smallest absolute Gasteiger partial charge is 0.280 e. The van der Waals surface area contributed by atoms with Crippen LogP contribution in [-0.2, 0) is 4.79 Å². The van der Waals surface area contributed by atoms with Crippen LogP contribution in [-0.4, -0.2) is 27.5 Å². The molecule has 1 aromatic heterocycles. The van der Waals surface area contributed by atoms with Gasteiger partial charge in [-0.1, -0.05) is 41.4 Å². The van der Waals surface area contributed by atoms with Gasteiger partial charge in [-0.05, 0) is 51.1 Å². The minimum Gasteiger partial charge on any atom is -0.479 e. The van der Waals surface area contributed by atoms with Crippen LogP contribution in [0.5, 0.6) is 5.75 Å². The number of hydrogen-bond donors (Lipinski definition) is 2. The zero-order valence-electron chi connectivity index (χ0n) is 16.6. The molecule has 156 valence electrons. The molecule has 0 unspecified atom stereocenters. The molecule has 0 aliphatic heterocycles.